The zero-order chi connectivity index (χ0) is 15.8. The fraction of sp³-hybridized carbons (Fsp3) is 0.312. The topological polar surface area (TPSA) is 87.0 Å². The molecule has 3 N–H and O–H groups in total. The van der Waals surface area contributed by atoms with Crippen LogP contribution in [0.25, 0.3) is 22.3 Å². The maximum absolute atomic E-state index is 6.04. The van der Waals surface area contributed by atoms with Gasteiger partial charge in [-0.15, -0.1) is 0 Å². The van der Waals surface area contributed by atoms with Gasteiger partial charge < -0.3 is 15.5 Å². The Morgan fingerprint density at radius 1 is 1.04 bits per heavy atom. The third-order valence-electron chi connectivity index (χ3n) is 4.26. The number of nitrogen functional groups attached to an aromatic ring is 1. The largest absolute Gasteiger partial charge is 0.383 e. The fourth-order valence-electron chi connectivity index (χ4n) is 2.89. The Hall–Kier alpha value is -2.67. The Morgan fingerprint density at radius 2 is 1.78 bits per heavy atom. The van der Waals surface area contributed by atoms with Gasteiger partial charge in [0.1, 0.15) is 5.82 Å². The maximum atomic E-state index is 6.04. The molecule has 0 amide bonds. The zero-order valence-electron chi connectivity index (χ0n) is 13.0. The van der Waals surface area contributed by atoms with E-state index in [1.807, 2.05) is 30.3 Å². The lowest BCUT2D eigenvalue weighted by Gasteiger charge is -2.32. The molecule has 7 nitrogen and oxygen atoms in total. The average Bonchev–Trinajstić information content (AvgIpc) is 2.97. The summed E-state index contributed by atoms with van der Waals surface area (Å²) in [5.74, 6) is 1.22. The zero-order valence-corrected chi connectivity index (χ0v) is 13.0. The van der Waals surface area contributed by atoms with Crippen LogP contribution < -0.4 is 10.6 Å². The van der Waals surface area contributed by atoms with Crippen LogP contribution in [0.15, 0.2) is 30.3 Å². The van der Waals surface area contributed by atoms with E-state index in [0.717, 1.165) is 48.8 Å². The summed E-state index contributed by atoms with van der Waals surface area (Å²) in [4.78, 5) is 13.9. The molecule has 0 spiro atoms. The van der Waals surface area contributed by atoms with Gasteiger partial charge in [0.15, 0.2) is 5.65 Å². The van der Waals surface area contributed by atoms with Gasteiger partial charge in [0.05, 0.1) is 11.1 Å². The fourth-order valence-corrected chi connectivity index (χ4v) is 2.89. The minimum absolute atomic E-state index is 0.504. The van der Waals surface area contributed by atoms with Crippen LogP contribution in [-0.2, 0) is 0 Å². The van der Waals surface area contributed by atoms with Gasteiger partial charge in [0.2, 0.25) is 5.95 Å². The molecule has 0 atom stereocenters. The number of fused-ring (bicyclic) bond motifs is 1. The molecule has 0 bridgehead atoms. The van der Waals surface area contributed by atoms with Gasteiger partial charge in [-0.25, -0.2) is 4.98 Å². The number of nitrogens with two attached hydrogens (primary N) is 1. The highest BCUT2D eigenvalue weighted by atomic mass is 15.3. The molecular weight excluding hydrogens is 290 g/mol. The number of hydrogen-bond donors (Lipinski definition) is 2. The summed E-state index contributed by atoms with van der Waals surface area (Å²) in [5, 5.41) is 7.85. The number of hydrogen-bond acceptors (Lipinski definition) is 6. The van der Waals surface area contributed by atoms with Crippen molar-refractivity contribution < 1.29 is 0 Å². The summed E-state index contributed by atoms with van der Waals surface area (Å²) >= 11 is 0. The van der Waals surface area contributed by atoms with Crippen molar-refractivity contribution in [3.63, 3.8) is 0 Å². The first-order valence-electron chi connectivity index (χ1n) is 7.73. The van der Waals surface area contributed by atoms with E-state index >= 15 is 0 Å². The third-order valence-corrected chi connectivity index (χ3v) is 4.26. The number of H-pyrrole nitrogens is 1. The summed E-state index contributed by atoms with van der Waals surface area (Å²) in [5.41, 5.74) is 8.51. The number of anilines is 2. The number of benzene rings is 1. The molecule has 1 aromatic carbocycles. The highest BCUT2D eigenvalue weighted by Crippen LogP contribution is 2.30. The smallest absolute Gasteiger partial charge is 0.228 e. The lowest BCUT2D eigenvalue weighted by atomic mass is 10.1. The Labute approximate surface area is 134 Å². The van der Waals surface area contributed by atoms with Gasteiger partial charge >= 0.3 is 0 Å². The van der Waals surface area contributed by atoms with E-state index in [2.05, 4.69) is 32.0 Å². The van der Waals surface area contributed by atoms with Crippen LogP contribution in [-0.4, -0.2) is 58.3 Å². The molecule has 3 aromatic rings. The van der Waals surface area contributed by atoms with Gasteiger partial charge in [0.25, 0.3) is 0 Å². The molecule has 7 heteroatoms. The number of piperazine rings is 1. The predicted molar refractivity (Wildman–Crippen MR) is 91.2 cm³/mol. The van der Waals surface area contributed by atoms with E-state index in [-0.39, 0.29) is 0 Å². The second-order valence-corrected chi connectivity index (χ2v) is 5.86. The van der Waals surface area contributed by atoms with Gasteiger partial charge in [-0.2, -0.15) is 10.1 Å². The molecule has 2 aromatic heterocycles. The SMILES string of the molecule is CN1CCN(c2nc(-c3ccccc3)c3c(N)[nH]nc3n2)CC1. The molecule has 0 aliphatic carbocycles. The first-order valence-corrected chi connectivity index (χ1v) is 7.73. The van der Waals surface area contributed by atoms with Gasteiger partial charge in [-0.1, -0.05) is 30.3 Å². The van der Waals surface area contributed by atoms with E-state index in [4.69, 9.17) is 10.7 Å². The molecule has 0 radical (unpaired) electrons. The van der Waals surface area contributed by atoms with Crippen molar-refractivity contribution in [1.29, 1.82) is 0 Å². The van der Waals surface area contributed by atoms with Crippen LogP contribution >= 0.6 is 0 Å². The Morgan fingerprint density at radius 3 is 2.52 bits per heavy atom. The first kappa shape index (κ1) is 14.0. The second kappa shape index (κ2) is 5.51. The summed E-state index contributed by atoms with van der Waals surface area (Å²) in [6.07, 6.45) is 0. The molecule has 3 heterocycles. The molecule has 1 fully saturated rings. The van der Waals surface area contributed by atoms with Crippen LogP contribution in [0.3, 0.4) is 0 Å². The second-order valence-electron chi connectivity index (χ2n) is 5.86. The van der Waals surface area contributed by atoms with E-state index in [9.17, 15) is 0 Å². The normalized spacial score (nSPS) is 16.1. The van der Waals surface area contributed by atoms with Crippen molar-refractivity contribution in [3.8, 4) is 11.3 Å². The predicted octanol–water partition coefficient (Wildman–Crippen LogP) is 1.35. The molecule has 4 rings (SSSR count). The molecule has 0 unspecified atom stereocenters. The third kappa shape index (κ3) is 2.49. The molecule has 1 aliphatic heterocycles. The number of nitrogens with one attached hydrogen (secondary N) is 1. The molecule has 0 saturated carbocycles. The number of rotatable bonds is 2. The van der Waals surface area contributed by atoms with Crippen molar-refractivity contribution in [1.82, 2.24) is 25.1 Å². The molecule has 1 saturated heterocycles. The number of aromatic amines is 1. The average molecular weight is 309 g/mol. The Kier molecular flexibility index (Phi) is 3.34. The van der Waals surface area contributed by atoms with Crippen LogP contribution in [0.4, 0.5) is 11.8 Å². The molecule has 118 valence electrons. The van der Waals surface area contributed by atoms with Gasteiger partial charge in [-0.05, 0) is 7.05 Å². The van der Waals surface area contributed by atoms with Crippen LogP contribution in [0.5, 0.6) is 0 Å². The number of aromatic nitrogens is 4. The van der Waals surface area contributed by atoms with E-state index in [1.165, 1.54) is 0 Å². The lowest BCUT2D eigenvalue weighted by Crippen LogP contribution is -2.45. The first-order chi connectivity index (χ1) is 11.2. The quantitative estimate of drug-likeness (QED) is 0.743. The summed E-state index contributed by atoms with van der Waals surface area (Å²) in [6.45, 7) is 3.84. The van der Waals surface area contributed by atoms with E-state index < -0.39 is 0 Å². The van der Waals surface area contributed by atoms with Crippen molar-refractivity contribution in [2.75, 3.05) is 43.9 Å². The Balaban J connectivity index is 1.85. The Bertz CT molecular complexity index is 819. The van der Waals surface area contributed by atoms with Crippen LogP contribution in [0, 0.1) is 0 Å². The highest BCUT2D eigenvalue weighted by Gasteiger charge is 2.21. The number of nitrogens with zero attached hydrogens (tertiary/aromatic N) is 5. The van der Waals surface area contributed by atoms with Crippen molar-refractivity contribution >= 4 is 22.8 Å². The monoisotopic (exact) mass is 309 g/mol. The van der Waals surface area contributed by atoms with Crippen LogP contribution in [0.2, 0.25) is 0 Å². The van der Waals surface area contributed by atoms with Gasteiger partial charge in [-0.3, -0.25) is 5.10 Å². The van der Waals surface area contributed by atoms with Crippen molar-refractivity contribution in [3.05, 3.63) is 30.3 Å². The molecule has 1 aliphatic rings. The lowest BCUT2D eigenvalue weighted by molar-refractivity contribution is 0.311. The molecular formula is C16H19N7. The van der Waals surface area contributed by atoms with Gasteiger partial charge in [0, 0.05) is 31.7 Å². The van der Waals surface area contributed by atoms with E-state index in [0.29, 0.717) is 11.5 Å². The summed E-state index contributed by atoms with van der Waals surface area (Å²) in [6, 6.07) is 10.0. The maximum Gasteiger partial charge on any atom is 0.228 e. The minimum atomic E-state index is 0.504. The van der Waals surface area contributed by atoms with Crippen molar-refractivity contribution in [2.45, 2.75) is 0 Å². The summed E-state index contributed by atoms with van der Waals surface area (Å²) in [7, 11) is 2.13. The number of likely N-dealkylation sites (N-methyl/N-ethyl adjacent to an activating group) is 1. The highest BCUT2D eigenvalue weighted by molar-refractivity contribution is 5.98. The van der Waals surface area contributed by atoms with Crippen LogP contribution in [0.1, 0.15) is 0 Å². The minimum Gasteiger partial charge on any atom is -0.383 e. The standard InChI is InChI=1S/C16H19N7/c1-22-7-9-23(10-8-22)16-18-13(11-5-3-2-4-6-11)12-14(17)20-21-15(12)19-16/h2-6H,7-10H2,1H3,(H3,17,18,19,20,21). The van der Waals surface area contributed by atoms with E-state index in [1.54, 1.807) is 0 Å². The molecule has 23 heavy (non-hydrogen) atoms. The van der Waals surface area contributed by atoms with Crippen molar-refractivity contribution in [2.24, 2.45) is 0 Å². The summed E-state index contributed by atoms with van der Waals surface area (Å²) < 4.78 is 0.